The molecule has 0 aliphatic carbocycles. The summed E-state index contributed by atoms with van der Waals surface area (Å²) in [5, 5.41) is 14.2. The zero-order valence-corrected chi connectivity index (χ0v) is 16.7. The zero-order chi connectivity index (χ0) is 18.4. The van der Waals surface area contributed by atoms with Crippen LogP contribution in [0.25, 0.3) is 32.1 Å². The van der Waals surface area contributed by atoms with Crippen LogP contribution in [0.4, 0.5) is 0 Å². The van der Waals surface area contributed by atoms with E-state index in [1.165, 1.54) is 16.9 Å². The number of pyridine rings is 1. The monoisotopic (exact) mass is 400 g/mol. The molecule has 0 aliphatic rings. The minimum absolute atomic E-state index is 0. The fourth-order valence-corrected chi connectivity index (χ4v) is 4.41. The van der Waals surface area contributed by atoms with Crippen molar-refractivity contribution in [2.75, 3.05) is 6.54 Å². The molecule has 2 aromatic carbocycles. The minimum Gasteiger partial charge on any atom is -0.507 e. The molecule has 0 aliphatic heterocycles. The van der Waals surface area contributed by atoms with E-state index in [0.29, 0.717) is 11.9 Å². The van der Waals surface area contributed by atoms with E-state index in [4.69, 9.17) is 5.73 Å². The van der Waals surface area contributed by atoms with Crippen molar-refractivity contribution in [3.63, 3.8) is 0 Å². The Morgan fingerprint density at radius 3 is 2.59 bits per heavy atom. The molecule has 0 amide bonds. The Labute approximate surface area is 167 Å². The van der Waals surface area contributed by atoms with Gasteiger partial charge < -0.3 is 15.8 Å². The first-order valence-electron chi connectivity index (χ1n) is 8.57. The first kappa shape index (κ1) is 19.4. The van der Waals surface area contributed by atoms with Crippen LogP contribution in [0.15, 0.2) is 46.6 Å². The van der Waals surface area contributed by atoms with Crippen molar-refractivity contribution in [1.29, 1.82) is 0 Å². The van der Waals surface area contributed by atoms with E-state index in [1.54, 1.807) is 6.07 Å². The van der Waals surface area contributed by atoms with Crippen molar-refractivity contribution >= 4 is 44.7 Å². The lowest BCUT2D eigenvalue weighted by Crippen LogP contribution is -2.08. The standard InChI is InChI=1S/C21H20N2O2S.ClH/c1-11-9-16(24)17(14-5-3-13(4-6-14)12(2)10-22)18-19(11)23-21(25)15-7-8-26-20(15)18;/h3-9,12,24H,10,22H2,1-2H3,(H,23,25);1H/t12-;/m0./s1. The maximum atomic E-state index is 12.4. The van der Waals surface area contributed by atoms with Crippen LogP contribution in [0.2, 0.25) is 0 Å². The SMILES string of the molecule is Cc1cc(O)c(-c2ccc([C@@H](C)CN)cc2)c2c1[nH]c(=O)c1ccsc12.Cl. The van der Waals surface area contributed by atoms with Gasteiger partial charge in [-0.05, 0) is 53.6 Å². The minimum atomic E-state index is -0.0967. The van der Waals surface area contributed by atoms with Gasteiger partial charge in [-0.2, -0.15) is 0 Å². The highest BCUT2D eigenvalue weighted by atomic mass is 35.5. The van der Waals surface area contributed by atoms with Gasteiger partial charge in [0.05, 0.1) is 10.9 Å². The van der Waals surface area contributed by atoms with E-state index in [0.717, 1.165) is 32.3 Å². The summed E-state index contributed by atoms with van der Waals surface area (Å²) in [6.07, 6.45) is 0. The maximum Gasteiger partial charge on any atom is 0.257 e. The molecule has 0 saturated heterocycles. The molecule has 27 heavy (non-hydrogen) atoms. The smallest absolute Gasteiger partial charge is 0.257 e. The van der Waals surface area contributed by atoms with Gasteiger partial charge in [-0.15, -0.1) is 23.7 Å². The summed E-state index contributed by atoms with van der Waals surface area (Å²) in [6, 6.07) is 11.7. The highest BCUT2D eigenvalue weighted by Crippen LogP contribution is 2.41. The fraction of sp³-hybridized carbons (Fsp3) is 0.190. The van der Waals surface area contributed by atoms with Crippen molar-refractivity contribution in [2.45, 2.75) is 19.8 Å². The quantitative estimate of drug-likeness (QED) is 0.457. The molecule has 4 N–H and O–H groups in total. The number of aromatic nitrogens is 1. The third kappa shape index (κ3) is 3.12. The molecule has 0 radical (unpaired) electrons. The number of phenols is 1. The van der Waals surface area contributed by atoms with E-state index >= 15 is 0 Å². The van der Waals surface area contributed by atoms with Crippen LogP contribution in [0, 0.1) is 6.92 Å². The molecule has 2 aromatic heterocycles. The molecule has 0 spiro atoms. The summed E-state index contributed by atoms with van der Waals surface area (Å²) in [7, 11) is 0. The first-order chi connectivity index (χ1) is 12.5. The Hall–Kier alpha value is -2.34. The van der Waals surface area contributed by atoms with E-state index in [9.17, 15) is 9.90 Å². The zero-order valence-electron chi connectivity index (χ0n) is 15.1. The number of fused-ring (bicyclic) bond motifs is 3. The van der Waals surface area contributed by atoms with Crippen molar-refractivity contribution < 1.29 is 5.11 Å². The number of phenolic OH excluding ortho intramolecular Hbond substituents is 1. The van der Waals surface area contributed by atoms with Crippen molar-refractivity contribution in [2.24, 2.45) is 5.73 Å². The third-order valence-electron chi connectivity index (χ3n) is 5.00. The van der Waals surface area contributed by atoms with Crippen LogP contribution in [-0.2, 0) is 0 Å². The van der Waals surface area contributed by atoms with E-state index < -0.39 is 0 Å². The summed E-state index contributed by atoms with van der Waals surface area (Å²) < 4.78 is 0.900. The molecule has 0 bridgehead atoms. The predicted molar refractivity (Wildman–Crippen MR) is 117 cm³/mol. The third-order valence-corrected chi connectivity index (χ3v) is 5.93. The molecule has 0 saturated carbocycles. The van der Waals surface area contributed by atoms with Crippen LogP contribution < -0.4 is 11.3 Å². The van der Waals surface area contributed by atoms with Crippen LogP contribution in [0.1, 0.15) is 24.0 Å². The van der Waals surface area contributed by atoms with Crippen molar-refractivity contribution in [3.05, 3.63) is 63.3 Å². The van der Waals surface area contributed by atoms with Gasteiger partial charge in [-0.1, -0.05) is 31.2 Å². The predicted octanol–water partition coefficient (Wildman–Crippen LogP) is 4.91. The van der Waals surface area contributed by atoms with Gasteiger partial charge in [-0.25, -0.2) is 0 Å². The number of aryl methyl sites for hydroxylation is 1. The second-order valence-corrected chi connectivity index (χ2v) is 7.63. The molecule has 2 heterocycles. The van der Waals surface area contributed by atoms with Crippen molar-refractivity contribution in [1.82, 2.24) is 4.98 Å². The largest absolute Gasteiger partial charge is 0.507 e. The number of hydrogen-bond donors (Lipinski definition) is 3. The average Bonchev–Trinajstić information content (AvgIpc) is 3.13. The number of aromatic amines is 1. The highest BCUT2D eigenvalue weighted by molar-refractivity contribution is 7.18. The molecule has 4 rings (SSSR count). The van der Waals surface area contributed by atoms with Gasteiger partial charge in [0.2, 0.25) is 0 Å². The Morgan fingerprint density at radius 2 is 1.93 bits per heavy atom. The van der Waals surface area contributed by atoms with E-state index in [1.807, 2.05) is 30.5 Å². The Bertz CT molecular complexity index is 1180. The van der Waals surface area contributed by atoms with Crippen LogP contribution in [0.3, 0.4) is 0 Å². The van der Waals surface area contributed by atoms with Gasteiger partial charge in [0.15, 0.2) is 0 Å². The van der Waals surface area contributed by atoms with Crippen LogP contribution >= 0.6 is 23.7 Å². The summed E-state index contributed by atoms with van der Waals surface area (Å²) in [5.41, 5.74) is 10.1. The lowest BCUT2D eigenvalue weighted by atomic mass is 9.93. The number of nitrogens with two attached hydrogens (primary N) is 1. The van der Waals surface area contributed by atoms with Gasteiger partial charge >= 0.3 is 0 Å². The molecule has 4 nitrogen and oxygen atoms in total. The van der Waals surface area contributed by atoms with Gasteiger partial charge in [0, 0.05) is 15.6 Å². The Balaban J connectivity index is 0.00000210. The second-order valence-electron chi connectivity index (χ2n) is 6.71. The lowest BCUT2D eigenvalue weighted by molar-refractivity contribution is 0.477. The Morgan fingerprint density at radius 1 is 1.22 bits per heavy atom. The summed E-state index contributed by atoms with van der Waals surface area (Å²) in [6.45, 7) is 4.58. The molecule has 1 atom stereocenters. The van der Waals surface area contributed by atoms with Gasteiger partial charge in [0.25, 0.3) is 5.56 Å². The number of thiophene rings is 1. The molecule has 4 aromatic rings. The van der Waals surface area contributed by atoms with Crippen LogP contribution in [-0.4, -0.2) is 16.6 Å². The highest BCUT2D eigenvalue weighted by Gasteiger charge is 2.17. The number of halogens is 1. The second kappa shape index (κ2) is 7.35. The molecule has 140 valence electrons. The number of benzene rings is 2. The van der Waals surface area contributed by atoms with E-state index in [-0.39, 0.29) is 29.6 Å². The maximum absolute atomic E-state index is 12.4. The number of rotatable bonds is 3. The number of hydrogen-bond acceptors (Lipinski definition) is 4. The normalized spacial score (nSPS) is 12.3. The number of nitrogens with one attached hydrogen (secondary N) is 1. The summed E-state index contributed by atoms with van der Waals surface area (Å²) >= 11 is 1.52. The van der Waals surface area contributed by atoms with Crippen LogP contribution in [0.5, 0.6) is 5.75 Å². The Kier molecular flexibility index (Phi) is 5.29. The van der Waals surface area contributed by atoms with E-state index in [2.05, 4.69) is 24.0 Å². The lowest BCUT2D eigenvalue weighted by Gasteiger charge is -2.14. The topological polar surface area (TPSA) is 79.1 Å². The first-order valence-corrected chi connectivity index (χ1v) is 9.45. The van der Waals surface area contributed by atoms with Gasteiger partial charge in [-0.3, -0.25) is 4.79 Å². The molecule has 6 heteroatoms. The number of aromatic hydroxyl groups is 1. The molecular weight excluding hydrogens is 380 g/mol. The summed E-state index contributed by atoms with van der Waals surface area (Å²) in [5.74, 6) is 0.504. The number of H-pyrrole nitrogens is 1. The molecular formula is C21H21ClN2O2S. The molecule has 0 unspecified atom stereocenters. The van der Waals surface area contributed by atoms with Crippen molar-refractivity contribution in [3.8, 4) is 16.9 Å². The summed E-state index contributed by atoms with van der Waals surface area (Å²) in [4.78, 5) is 15.4. The average molecular weight is 401 g/mol. The fourth-order valence-electron chi connectivity index (χ4n) is 3.46. The molecule has 0 fully saturated rings. The van der Waals surface area contributed by atoms with Gasteiger partial charge in [0.1, 0.15) is 5.75 Å².